The summed E-state index contributed by atoms with van der Waals surface area (Å²) in [5.74, 6) is 0.265. The summed E-state index contributed by atoms with van der Waals surface area (Å²) in [6.45, 7) is 2.24. The Hall–Kier alpha value is -1.59. The Morgan fingerprint density at radius 2 is 2.16 bits per heavy atom. The fourth-order valence-corrected chi connectivity index (χ4v) is 2.52. The zero-order valence-electron chi connectivity index (χ0n) is 10.3. The molecule has 2 aliphatic heterocycles. The first kappa shape index (κ1) is 12.4. The first-order chi connectivity index (χ1) is 9.25. The number of aliphatic hydroxyl groups excluding tert-OH is 1. The Bertz CT molecular complexity index is 539. The maximum Gasteiger partial charge on any atom is 0.361 e. The van der Waals surface area contributed by atoms with Crippen LogP contribution in [0.5, 0.6) is 0 Å². The van der Waals surface area contributed by atoms with Crippen molar-refractivity contribution in [2.45, 2.75) is 6.04 Å². The van der Waals surface area contributed by atoms with Crippen molar-refractivity contribution in [1.82, 2.24) is 5.43 Å². The van der Waals surface area contributed by atoms with Crippen molar-refractivity contribution in [3.8, 4) is 0 Å². The number of rotatable bonds is 2. The molecule has 0 aromatic heterocycles. The summed E-state index contributed by atoms with van der Waals surface area (Å²) in [6, 6.07) is 7.61. The molecule has 6 heteroatoms. The van der Waals surface area contributed by atoms with Crippen LogP contribution in [0.3, 0.4) is 0 Å². The van der Waals surface area contributed by atoms with Crippen LogP contribution in [0.4, 0.5) is 0 Å². The van der Waals surface area contributed by atoms with Crippen LogP contribution in [0.1, 0.15) is 5.56 Å². The van der Waals surface area contributed by atoms with Gasteiger partial charge in [0.1, 0.15) is 18.9 Å². The lowest BCUT2D eigenvalue weighted by molar-refractivity contribution is -0.563. The number of nitrogens with one attached hydrogen (secondary N) is 1. The van der Waals surface area contributed by atoms with E-state index in [1.165, 1.54) is 0 Å². The highest BCUT2D eigenvalue weighted by atomic mass is 35.5. The van der Waals surface area contributed by atoms with Gasteiger partial charge in [-0.15, -0.1) is 0 Å². The summed E-state index contributed by atoms with van der Waals surface area (Å²) in [5.41, 5.74) is 4.94. The van der Waals surface area contributed by atoms with E-state index in [0.717, 1.165) is 11.3 Å². The third-order valence-electron chi connectivity index (χ3n) is 3.36. The van der Waals surface area contributed by atoms with Crippen molar-refractivity contribution < 1.29 is 14.4 Å². The smallest absolute Gasteiger partial charge is 0.361 e. The number of hydrogen-bond donors (Lipinski definition) is 2. The van der Waals surface area contributed by atoms with Gasteiger partial charge in [0.15, 0.2) is 13.2 Å². The molecule has 0 amide bonds. The summed E-state index contributed by atoms with van der Waals surface area (Å²) < 4.78 is 7.16. The highest BCUT2D eigenvalue weighted by molar-refractivity contribution is 6.30. The number of aliphatic hydroxyl groups is 1. The van der Waals surface area contributed by atoms with Gasteiger partial charge in [0.05, 0.1) is 0 Å². The van der Waals surface area contributed by atoms with Gasteiger partial charge in [-0.2, -0.15) is 9.68 Å². The molecule has 19 heavy (non-hydrogen) atoms. The van der Waals surface area contributed by atoms with Crippen LogP contribution >= 0.6 is 11.6 Å². The molecule has 0 bridgehead atoms. The van der Waals surface area contributed by atoms with E-state index < -0.39 is 0 Å². The molecule has 1 unspecified atom stereocenters. The maximum atomic E-state index is 9.95. The lowest BCUT2D eigenvalue weighted by atomic mass is 10.0. The topological polar surface area (TPSA) is 56.9 Å². The largest absolute Gasteiger partial charge is 0.462 e. The Morgan fingerprint density at radius 1 is 1.37 bits per heavy atom. The van der Waals surface area contributed by atoms with Gasteiger partial charge in [-0.3, -0.25) is 0 Å². The molecule has 1 aromatic rings. The molecule has 5 nitrogen and oxygen atoms in total. The van der Waals surface area contributed by atoms with Gasteiger partial charge in [-0.05, 0) is 12.1 Å². The lowest BCUT2D eigenvalue weighted by Crippen LogP contribution is -2.45. The van der Waals surface area contributed by atoms with E-state index in [1.54, 1.807) is 0 Å². The average Bonchev–Trinajstić information content (AvgIpc) is 2.89. The number of hydrogen-bond acceptors (Lipinski definition) is 3. The molecule has 3 rings (SSSR count). The molecular weight excluding hydrogens is 266 g/mol. The maximum absolute atomic E-state index is 9.95. The minimum atomic E-state index is 0.0325. The molecule has 0 spiro atoms. The van der Waals surface area contributed by atoms with E-state index in [0.29, 0.717) is 24.7 Å². The zero-order chi connectivity index (χ0) is 13.2. The number of nitrogens with zero attached hydrogens (tertiary/aromatic N) is 2. The Labute approximate surface area is 116 Å². The van der Waals surface area contributed by atoms with Crippen LogP contribution in [-0.2, 0) is 4.74 Å². The quantitative estimate of drug-likeness (QED) is 0.795. The van der Waals surface area contributed by atoms with Crippen molar-refractivity contribution in [2.75, 3.05) is 26.3 Å². The molecule has 0 aliphatic carbocycles. The van der Waals surface area contributed by atoms with Gasteiger partial charge in [-0.25, -0.2) is 0 Å². The summed E-state index contributed by atoms with van der Waals surface area (Å²) in [7, 11) is 0. The van der Waals surface area contributed by atoms with E-state index in [9.17, 15) is 5.11 Å². The number of hydrazone groups is 1. The van der Waals surface area contributed by atoms with Gasteiger partial charge in [0.2, 0.25) is 6.04 Å². The standard InChI is InChI=1S/C13H14ClN3O2/c14-10-3-1-9(2-4-10)13-11(7-15-16-13)17-5-6-19-8-12(17)18/h1-4,11,15H,5-8H2/p+1. The first-order valence-corrected chi connectivity index (χ1v) is 6.59. The molecule has 0 saturated carbocycles. The molecule has 1 aromatic carbocycles. The van der Waals surface area contributed by atoms with E-state index in [-0.39, 0.29) is 18.5 Å². The molecule has 2 heterocycles. The van der Waals surface area contributed by atoms with E-state index in [4.69, 9.17) is 16.3 Å². The van der Waals surface area contributed by atoms with Gasteiger partial charge >= 0.3 is 5.90 Å². The molecule has 2 aliphatic rings. The fraction of sp³-hybridized carbons (Fsp3) is 0.385. The number of halogens is 1. The highest BCUT2D eigenvalue weighted by Crippen LogP contribution is 2.15. The predicted molar refractivity (Wildman–Crippen MR) is 73.4 cm³/mol. The van der Waals surface area contributed by atoms with E-state index >= 15 is 0 Å². The van der Waals surface area contributed by atoms with Crippen LogP contribution in [0.25, 0.3) is 0 Å². The molecule has 2 N–H and O–H groups in total. The number of ether oxygens (including phenoxy) is 1. The first-order valence-electron chi connectivity index (χ1n) is 6.21. The third kappa shape index (κ3) is 2.43. The summed E-state index contributed by atoms with van der Waals surface area (Å²) >= 11 is 5.90. The normalized spacial score (nSPS) is 23.2. The van der Waals surface area contributed by atoms with E-state index in [2.05, 4.69) is 10.5 Å². The van der Waals surface area contributed by atoms with E-state index in [1.807, 2.05) is 28.8 Å². The third-order valence-corrected chi connectivity index (χ3v) is 3.61. The van der Waals surface area contributed by atoms with Crippen LogP contribution < -0.4 is 5.43 Å². The Morgan fingerprint density at radius 3 is 2.89 bits per heavy atom. The molecule has 0 radical (unpaired) electrons. The summed E-state index contributed by atoms with van der Waals surface area (Å²) in [4.78, 5) is 0. The van der Waals surface area contributed by atoms with Crippen LogP contribution in [0.2, 0.25) is 5.02 Å². The van der Waals surface area contributed by atoms with Crippen molar-refractivity contribution in [1.29, 1.82) is 0 Å². The highest BCUT2D eigenvalue weighted by Gasteiger charge is 2.36. The summed E-state index contributed by atoms with van der Waals surface area (Å²) in [6.07, 6.45) is 0. The monoisotopic (exact) mass is 280 g/mol. The van der Waals surface area contributed by atoms with Gasteiger partial charge < -0.3 is 15.3 Å². The average molecular weight is 281 g/mol. The van der Waals surface area contributed by atoms with Crippen LogP contribution in [0.15, 0.2) is 29.4 Å². The van der Waals surface area contributed by atoms with Crippen LogP contribution in [-0.4, -0.2) is 53.6 Å². The molecule has 0 saturated heterocycles. The lowest BCUT2D eigenvalue weighted by Gasteiger charge is -2.17. The second-order valence-electron chi connectivity index (χ2n) is 4.54. The zero-order valence-corrected chi connectivity index (χ0v) is 11.1. The minimum absolute atomic E-state index is 0.0325. The number of benzene rings is 1. The second kappa shape index (κ2) is 5.19. The van der Waals surface area contributed by atoms with Gasteiger partial charge in [-0.1, -0.05) is 23.7 Å². The molecular formula is C13H15ClN3O2+. The van der Waals surface area contributed by atoms with Crippen molar-refractivity contribution in [3.63, 3.8) is 0 Å². The minimum Gasteiger partial charge on any atom is -0.462 e. The summed E-state index contributed by atoms with van der Waals surface area (Å²) in [5, 5.41) is 15.0. The Kier molecular flexibility index (Phi) is 3.40. The van der Waals surface area contributed by atoms with Crippen molar-refractivity contribution in [3.05, 3.63) is 34.9 Å². The molecule has 1 atom stereocenters. The molecule has 0 fully saturated rings. The fourth-order valence-electron chi connectivity index (χ4n) is 2.40. The predicted octanol–water partition coefficient (Wildman–Crippen LogP) is 1.02. The van der Waals surface area contributed by atoms with Crippen molar-refractivity contribution >= 4 is 23.2 Å². The molecule has 100 valence electrons. The van der Waals surface area contributed by atoms with Gasteiger partial charge in [0.25, 0.3) is 0 Å². The Balaban J connectivity index is 1.91. The SMILES string of the molecule is OC1=[N+](C2CNN=C2c2ccc(Cl)cc2)CCOC1. The van der Waals surface area contributed by atoms with Gasteiger partial charge in [0, 0.05) is 10.6 Å². The van der Waals surface area contributed by atoms with Crippen molar-refractivity contribution in [2.24, 2.45) is 5.10 Å². The van der Waals surface area contributed by atoms with Crippen LogP contribution in [0, 0.1) is 0 Å². The second-order valence-corrected chi connectivity index (χ2v) is 4.98.